The first-order valence-electron chi connectivity index (χ1n) is 5.39. The topological polar surface area (TPSA) is 42.7 Å². The van der Waals surface area contributed by atoms with E-state index in [4.69, 9.17) is 0 Å². The summed E-state index contributed by atoms with van der Waals surface area (Å²) in [5.41, 5.74) is 4.05. The lowest BCUT2D eigenvalue weighted by Crippen LogP contribution is -2.05. The Bertz CT molecular complexity index is 460. The minimum absolute atomic E-state index is 0.280. The minimum Gasteiger partial charge on any atom is -0.375 e. The molecule has 0 aliphatic heterocycles. The number of hydrogen-bond donors (Lipinski definition) is 1. The van der Waals surface area contributed by atoms with E-state index in [1.807, 2.05) is 29.5 Å². The average Bonchev–Trinajstić information content (AvgIpc) is 2.86. The summed E-state index contributed by atoms with van der Waals surface area (Å²) in [5, 5.41) is 7.66. The molecule has 4 nitrogen and oxygen atoms in total. The predicted octanol–water partition coefficient (Wildman–Crippen LogP) is 2.84. The van der Waals surface area contributed by atoms with Crippen LogP contribution in [0.2, 0.25) is 0 Å². The molecule has 86 valence electrons. The van der Waals surface area contributed by atoms with Gasteiger partial charge in [0.15, 0.2) is 0 Å². The van der Waals surface area contributed by atoms with Gasteiger partial charge in [-0.3, -0.25) is 4.68 Å². The molecule has 16 heavy (non-hydrogen) atoms. The van der Waals surface area contributed by atoms with Crippen LogP contribution in [0.1, 0.15) is 30.5 Å². The summed E-state index contributed by atoms with van der Waals surface area (Å²) >= 11 is 1.69. The minimum atomic E-state index is 0.280. The SMILES string of the molecule is CCn1cc(NC(C)c2scnc2C)cn1. The molecule has 1 unspecified atom stereocenters. The second kappa shape index (κ2) is 4.65. The lowest BCUT2D eigenvalue weighted by molar-refractivity contribution is 0.660. The third-order valence-electron chi connectivity index (χ3n) is 2.52. The number of aryl methyl sites for hydroxylation is 2. The summed E-state index contributed by atoms with van der Waals surface area (Å²) in [5.74, 6) is 0. The Balaban J connectivity index is 2.07. The number of nitrogens with one attached hydrogen (secondary N) is 1. The molecule has 2 rings (SSSR count). The molecule has 1 atom stereocenters. The van der Waals surface area contributed by atoms with Crippen molar-refractivity contribution < 1.29 is 0 Å². The maximum Gasteiger partial charge on any atom is 0.0798 e. The van der Waals surface area contributed by atoms with Crippen molar-refractivity contribution in [3.63, 3.8) is 0 Å². The Labute approximate surface area is 99.3 Å². The third kappa shape index (κ3) is 2.24. The van der Waals surface area contributed by atoms with Crippen LogP contribution in [0.15, 0.2) is 17.9 Å². The Morgan fingerprint density at radius 1 is 1.56 bits per heavy atom. The maximum absolute atomic E-state index is 4.26. The van der Waals surface area contributed by atoms with Crippen molar-refractivity contribution in [1.29, 1.82) is 0 Å². The number of anilines is 1. The fraction of sp³-hybridized carbons (Fsp3) is 0.455. The van der Waals surface area contributed by atoms with Crippen LogP contribution < -0.4 is 5.32 Å². The highest BCUT2D eigenvalue weighted by Gasteiger charge is 2.11. The van der Waals surface area contributed by atoms with Gasteiger partial charge in [0.05, 0.1) is 29.1 Å². The van der Waals surface area contributed by atoms with Gasteiger partial charge < -0.3 is 5.32 Å². The summed E-state index contributed by atoms with van der Waals surface area (Å²) in [6.07, 6.45) is 3.88. The summed E-state index contributed by atoms with van der Waals surface area (Å²) in [6.45, 7) is 7.16. The first-order valence-corrected chi connectivity index (χ1v) is 6.27. The molecule has 2 heterocycles. The van der Waals surface area contributed by atoms with Gasteiger partial charge >= 0.3 is 0 Å². The molecule has 2 aromatic rings. The highest BCUT2D eigenvalue weighted by atomic mass is 32.1. The molecule has 1 N–H and O–H groups in total. The zero-order valence-corrected chi connectivity index (χ0v) is 10.6. The van der Waals surface area contributed by atoms with Crippen molar-refractivity contribution in [2.45, 2.75) is 33.4 Å². The average molecular weight is 236 g/mol. The van der Waals surface area contributed by atoms with Crippen LogP contribution in [0.3, 0.4) is 0 Å². The van der Waals surface area contributed by atoms with E-state index in [2.05, 4.69) is 29.2 Å². The van der Waals surface area contributed by atoms with Gasteiger partial charge in [-0.05, 0) is 20.8 Å². The quantitative estimate of drug-likeness (QED) is 0.887. The number of hydrogen-bond acceptors (Lipinski definition) is 4. The largest absolute Gasteiger partial charge is 0.375 e. The molecule has 0 radical (unpaired) electrons. The summed E-state index contributed by atoms with van der Waals surface area (Å²) in [4.78, 5) is 5.54. The molecule has 0 fully saturated rings. The molecular formula is C11H16N4S. The molecule has 2 aromatic heterocycles. The molecular weight excluding hydrogens is 220 g/mol. The van der Waals surface area contributed by atoms with Crippen LogP contribution in [0.5, 0.6) is 0 Å². The summed E-state index contributed by atoms with van der Waals surface area (Å²) < 4.78 is 1.91. The van der Waals surface area contributed by atoms with Gasteiger partial charge in [-0.2, -0.15) is 5.10 Å². The van der Waals surface area contributed by atoms with Crippen molar-refractivity contribution in [2.24, 2.45) is 0 Å². The first kappa shape index (κ1) is 11.1. The third-order valence-corrected chi connectivity index (χ3v) is 3.63. The van der Waals surface area contributed by atoms with Crippen molar-refractivity contribution in [2.75, 3.05) is 5.32 Å². The Kier molecular flexibility index (Phi) is 3.24. The van der Waals surface area contributed by atoms with E-state index in [1.54, 1.807) is 11.3 Å². The van der Waals surface area contributed by atoms with Crippen LogP contribution >= 0.6 is 11.3 Å². The first-order chi connectivity index (χ1) is 7.70. The summed E-state index contributed by atoms with van der Waals surface area (Å²) in [7, 11) is 0. The van der Waals surface area contributed by atoms with Crippen molar-refractivity contribution in [1.82, 2.24) is 14.8 Å². The van der Waals surface area contributed by atoms with E-state index >= 15 is 0 Å². The van der Waals surface area contributed by atoms with Crippen molar-refractivity contribution in [3.8, 4) is 0 Å². The number of aromatic nitrogens is 3. The number of nitrogens with zero attached hydrogens (tertiary/aromatic N) is 3. The van der Waals surface area contributed by atoms with E-state index in [9.17, 15) is 0 Å². The highest BCUT2D eigenvalue weighted by molar-refractivity contribution is 7.09. The Hall–Kier alpha value is -1.36. The second-order valence-electron chi connectivity index (χ2n) is 3.75. The normalized spacial score (nSPS) is 12.7. The Morgan fingerprint density at radius 2 is 2.38 bits per heavy atom. The highest BCUT2D eigenvalue weighted by Crippen LogP contribution is 2.24. The van der Waals surface area contributed by atoms with Gasteiger partial charge in [-0.25, -0.2) is 4.98 Å². The maximum atomic E-state index is 4.26. The van der Waals surface area contributed by atoms with Crippen LogP contribution in [-0.2, 0) is 6.54 Å². The van der Waals surface area contributed by atoms with Crippen LogP contribution in [0, 0.1) is 6.92 Å². The van der Waals surface area contributed by atoms with E-state index in [-0.39, 0.29) is 6.04 Å². The molecule has 0 bridgehead atoms. The molecule has 0 saturated heterocycles. The smallest absolute Gasteiger partial charge is 0.0798 e. The number of thiazole rings is 1. The van der Waals surface area contributed by atoms with Gasteiger partial charge in [0.2, 0.25) is 0 Å². The van der Waals surface area contributed by atoms with E-state index in [0.29, 0.717) is 0 Å². The zero-order valence-electron chi connectivity index (χ0n) is 9.77. The molecule has 0 amide bonds. The van der Waals surface area contributed by atoms with Crippen LogP contribution in [0.4, 0.5) is 5.69 Å². The molecule has 0 aliphatic rings. The fourth-order valence-corrected chi connectivity index (χ4v) is 2.46. The second-order valence-corrected chi connectivity index (χ2v) is 4.64. The molecule has 0 spiro atoms. The van der Waals surface area contributed by atoms with Gasteiger partial charge in [0.25, 0.3) is 0 Å². The van der Waals surface area contributed by atoms with Gasteiger partial charge in [0, 0.05) is 17.6 Å². The monoisotopic (exact) mass is 236 g/mol. The van der Waals surface area contributed by atoms with Gasteiger partial charge in [-0.15, -0.1) is 11.3 Å². The summed E-state index contributed by atoms with van der Waals surface area (Å²) in [6, 6.07) is 0.280. The standard InChI is InChI=1S/C11H16N4S/c1-4-15-6-10(5-13-15)14-9(3)11-8(2)12-7-16-11/h5-7,9,14H,4H2,1-3H3. The van der Waals surface area contributed by atoms with E-state index in [1.165, 1.54) is 4.88 Å². The molecule has 0 aromatic carbocycles. The van der Waals surface area contributed by atoms with Crippen molar-refractivity contribution >= 4 is 17.0 Å². The van der Waals surface area contributed by atoms with E-state index in [0.717, 1.165) is 17.9 Å². The zero-order chi connectivity index (χ0) is 11.5. The van der Waals surface area contributed by atoms with Crippen LogP contribution in [0.25, 0.3) is 0 Å². The lowest BCUT2D eigenvalue weighted by atomic mass is 10.2. The van der Waals surface area contributed by atoms with Gasteiger partial charge in [0.1, 0.15) is 0 Å². The van der Waals surface area contributed by atoms with E-state index < -0.39 is 0 Å². The molecule has 5 heteroatoms. The van der Waals surface area contributed by atoms with Crippen LogP contribution in [-0.4, -0.2) is 14.8 Å². The molecule has 0 aliphatic carbocycles. The number of rotatable bonds is 4. The Morgan fingerprint density at radius 3 is 2.94 bits per heavy atom. The predicted molar refractivity (Wildman–Crippen MR) is 66.8 cm³/mol. The fourth-order valence-electron chi connectivity index (χ4n) is 1.65. The lowest BCUT2D eigenvalue weighted by Gasteiger charge is -2.12. The van der Waals surface area contributed by atoms with Crippen molar-refractivity contribution in [3.05, 3.63) is 28.5 Å². The molecule has 0 saturated carbocycles. The van der Waals surface area contributed by atoms with Gasteiger partial charge in [-0.1, -0.05) is 0 Å².